The number of rotatable bonds is 4. The molecular formula is C9H12FNO2S. The number of benzene rings is 1. The normalized spacial score (nSPS) is 11.9. The van der Waals surface area contributed by atoms with Gasteiger partial charge in [0.05, 0.1) is 0 Å². The van der Waals surface area contributed by atoms with Crippen molar-refractivity contribution in [1.82, 2.24) is 4.31 Å². The van der Waals surface area contributed by atoms with E-state index in [-0.39, 0.29) is 13.1 Å². The van der Waals surface area contributed by atoms with Crippen LogP contribution in [0.25, 0.3) is 0 Å². The maximum atomic E-state index is 12.6. The Bertz CT molecular complexity index is 377. The van der Waals surface area contributed by atoms with E-state index >= 15 is 0 Å². The Morgan fingerprint density at radius 3 is 2.29 bits per heavy atom. The van der Waals surface area contributed by atoms with Gasteiger partial charge in [-0.1, -0.05) is 41.1 Å². The number of hydrogen-bond acceptors (Lipinski definition) is 2. The lowest BCUT2D eigenvalue weighted by molar-refractivity contribution is 0.393. The van der Waals surface area contributed by atoms with E-state index in [1.807, 2.05) is 6.07 Å². The first-order valence-corrected chi connectivity index (χ1v) is 5.61. The highest BCUT2D eigenvalue weighted by Gasteiger charge is 2.18. The Morgan fingerprint density at radius 2 is 1.86 bits per heavy atom. The molecule has 0 amide bonds. The van der Waals surface area contributed by atoms with Crippen LogP contribution in [0.3, 0.4) is 0 Å². The van der Waals surface area contributed by atoms with Crippen molar-refractivity contribution < 1.29 is 12.3 Å². The van der Waals surface area contributed by atoms with E-state index in [2.05, 4.69) is 0 Å². The summed E-state index contributed by atoms with van der Waals surface area (Å²) in [6.45, 7) is 1.81. The molecule has 0 spiro atoms. The van der Waals surface area contributed by atoms with Crippen molar-refractivity contribution in [2.75, 3.05) is 6.54 Å². The van der Waals surface area contributed by atoms with Crippen LogP contribution >= 0.6 is 0 Å². The van der Waals surface area contributed by atoms with E-state index in [1.54, 1.807) is 31.2 Å². The Hall–Kier alpha value is -0.940. The van der Waals surface area contributed by atoms with Gasteiger partial charge in [-0.15, -0.1) is 0 Å². The van der Waals surface area contributed by atoms with Gasteiger partial charge in [0.25, 0.3) is 0 Å². The van der Waals surface area contributed by atoms with Gasteiger partial charge in [0.1, 0.15) is 0 Å². The van der Waals surface area contributed by atoms with Gasteiger partial charge in [-0.3, -0.25) is 0 Å². The molecule has 1 rings (SSSR count). The summed E-state index contributed by atoms with van der Waals surface area (Å²) in [7, 11) is -4.58. The SMILES string of the molecule is CCN(Cc1ccccc1)S(=O)(=O)F. The second-order valence-electron chi connectivity index (χ2n) is 2.85. The molecule has 5 heteroatoms. The molecule has 78 valence electrons. The Morgan fingerprint density at radius 1 is 1.29 bits per heavy atom. The van der Waals surface area contributed by atoms with Crippen molar-refractivity contribution in [3.63, 3.8) is 0 Å². The highest BCUT2D eigenvalue weighted by atomic mass is 32.3. The molecule has 0 bridgehead atoms. The predicted molar refractivity (Wildman–Crippen MR) is 52.6 cm³/mol. The van der Waals surface area contributed by atoms with Gasteiger partial charge in [-0.05, 0) is 5.56 Å². The molecule has 0 aliphatic carbocycles. The van der Waals surface area contributed by atoms with E-state index in [1.165, 1.54) is 0 Å². The van der Waals surface area contributed by atoms with Crippen molar-refractivity contribution >= 4 is 10.4 Å². The number of halogens is 1. The van der Waals surface area contributed by atoms with E-state index in [9.17, 15) is 12.3 Å². The summed E-state index contributed by atoms with van der Waals surface area (Å²) in [4.78, 5) is 0. The summed E-state index contributed by atoms with van der Waals surface area (Å²) in [5.41, 5.74) is 0.774. The quantitative estimate of drug-likeness (QED) is 0.720. The molecule has 0 aliphatic heterocycles. The van der Waals surface area contributed by atoms with Crippen LogP contribution in [-0.4, -0.2) is 19.3 Å². The maximum Gasteiger partial charge on any atom is 0.375 e. The third-order valence-electron chi connectivity index (χ3n) is 1.86. The zero-order chi connectivity index (χ0) is 10.6. The van der Waals surface area contributed by atoms with Crippen LogP contribution in [0.4, 0.5) is 3.89 Å². The Labute approximate surface area is 83.5 Å². The van der Waals surface area contributed by atoms with E-state index < -0.39 is 10.4 Å². The van der Waals surface area contributed by atoms with Gasteiger partial charge >= 0.3 is 10.4 Å². The van der Waals surface area contributed by atoms with Gasteiger partial charge < -0.3 is 0 Å². The molecule has 3 nitrogen and oxygen atoms in total. The predicted octanol–water partition coefficient (Wildman–Crippen LogP) is 1.72. The van der Waals surface area contributed by atoms with E-state index in [0.717, 1.165) is 9.87 Å². The molecule has 1 aromatic carbocycles. The molecule has 0 unspecified atom stereocenters. The Balaban J connectivity index is 2.77. The minimum atomic E-state index is -4.58. The second kappa shape index (κ2) is 4.52. The third-order valence-corrected chi connectivity index (χ3v) is 2.87. The molecule has 0 fully saturated rings. The zero-order valence-corrected chi connectivity index (χ0v) is 8.67. The maximum absolute atomic E-state index is 12.6. The molecule has 0 radical (unpaired) electrons. The van der Waals surface area contributed by atoms with Gasteiger partial charge in [0, 0.05) is 13.1 Å². The molecule has 0 heterocycles. The molecule has 0 N–H and O–H groups in total. The highest BCUT2D eigenvalue weighted by Crippen LogP contribution is 2.09. The lowest BCUT2D eigenvalue weighted by atomic mass is 10.2. The molecule has 0 aliphatic rings. The standard InChI is InChI=1S/C9H12FNO2S/c1-2-11(14(10,12)13)8-9-6-4-3-5-7-9/h3-7H,2,8H2,1H3. The first kappa shape index (κ1) is 11.1. The monoisotopic (exact) mass is 217 g/mol. The van der Waals surface area contributed by atoms with E-state index in [4.69, 9.17) is 0 Å². The number of nitrogens with zero attached hydrogens (tertiary/aromatic N) is 1. The summed E-state index contributed by atoms with van der Waals surface area (Å²) in [5.74, 6) is 0. The van der Waals surface area contributed by atoms with Crippen LogP contribution in [0, 0.1) is 0 Å². The highest BCUT2D eigenvalue weighted by molar-refractivity contribution is 7.83. The molecule has 0 saturated carbocycles. The fourth-order valence-corrected chi connectivity index (χ4v) is 1.74. The summed E-state index contributed by atoms with van der Waals surface area (Å²) >= 11 is 0. The smallest absolute Gasteiger partial charge is 0.177 e. The largest absolute Gasteiger partial charge is 0.375 e. The fraction of sp³-hybridized carbons (Fsp3) is 0.333. The summed E-state index contributed by atoms with van der Waals surface area (Å²) in [6, 6.07) is 8.91. The lowest BCUT2D eigenvalue weighted by Gasteiger charge is -2.14. The van der Waals surface area contributed by atoms with Crippen LogP contribution < -0.4 is 0 Å². The van der Waals surface area contributed by atoms with Crippen LogP contribution in [0.1, 0.15) is 12.5 Å². The minimum absolute atomic E-state index is 0.0795. The third kappa shape index (κ3) is 3.08. The van der Waals surface area contributed by atoms with Crippen LogP contribution in [0.15, 0.2) is 30.3 Å². The van der Waals surface area contributed by atoms with Crippen molar-refractivity contribution in [1.29, 1.82) is 0 Å². The summed E-state index contributed by atoms with van der Waals surface area (Å²) < 4.78 is 34.7. The molecule has 0 saturated heterocycles. The van der Waals surface area contributed by atoms with Crippen molar-refractivity contribution in [2.24, 2.45) is 0 Å². The molecule has 1 aromatic rings. The molecular weight excluding hydrogens is 205 g/mol. The Kier molecular flexibility index (Phi) is 3.60. The fourth-order valence-electron chi connectivity index (χ4n) is 1.13. The summed E-state index contributed by atoms with van der Waals surface area (Å²) in [6.07, 6.45) is 0. The topological polar surface area (TPSA) is 37.4 Å². The summed E-state index contributed by atoms with van der Waals surface area (Å²) in [5, 5.41) is 0. The zero-order valence-electron chi connectivity index (χ0n) is 7.85. The van der Waals surface area contributed by atoms with Gasteiger partial charge in [-0.2, -0.15) is 12.7 Å². The first-order valence-electron chi connectivity index (χ1n) is 4.27. The average molecular weight is 217 g/mol. The molecule has 0 atom stereocenters. The molecule has 0 aromatic heterocycles. The molecule has 14 heavy (non-hydrogen) atoms. The van der Waals surface area contributed by atoms with Crippen LogP contribution in [0.2, 0.25) is 0 Å². The van der Waals surface area contributed by atoms with Gasteiger partial charge in [0.15, 0.2) is 0 Å². The second-order valence-corrected chi connectivity index (χ2v) is 4.19. The minimum Gasteiger partial charge on any atom is -0.177 e. The van der Waals surface area contributed by atoms with Crippen molar-refractivity contribution in [3.8, 4) is 0 Å². The van der Waals surface area contributed by atoms with E-state index in [0.29, 0.717) is 0 Å². The van der Waals surface area contributed by atoms with Gasteiger partial charge in [-0.25, -0.2) is 0 Å². The lowest BCUT2D eigenvalue weighted by Crippen LogP contribution is -2.26. The van der Waals surface area contributed by atoms with Crippen molar-refractivity contribution in [3.05, 3.63) is 35.9 Å². The number of hydrogen-bond donors (Lipinski definition) is 0. The van der Waals surface area contributed by atoms with Gasteiger partial charge in [0.2, 0.25) is 0 Å². The van der Waals surface area contributed by atoms with Crippen molar-refractivity contribution in [2.45, 2.75) is 13.5 Å². The van der Waals surface area contributed by atoms with Crippen LogP contribution in [-0.2, 0) is 17.0 Å². The van der Waals surface area contributed by atoms with Crippen LogP contribution in [0.5, 0.6) is 0 Å². The first-order chi connectivity index (χ1) is 6.54. The average Bonchev–Trinajstić information content (AvgIpc) is 2.14.